The fourth-order valence-corrected chi connectivity index (χ4v) is 3.84. The van der Waals surface area contributed by atoms with Gasteiger partial charge in [-0.25, -0.2) is 0 Å². The van der Waals surface area contributed by atoms with Gasteiger partial charge in [-0.3, -0.25) is 0 Å². The predicted molar refractivity (Wildman–Crippen MR) is 91.4 cm³/mol. The first-order chi connectivity index (χ1) is 9.52. The zero-order chi connectivity index (χ0) is 14.7. The molecule has 1 aromatic rings. The molecule has 0 aliphatic carbocycles. The molecule has 3 unspecified atom stereocenters. The van der Waals surface area contributed by atoms with E-state index in [1.165, 1.54) is 35.1 Å². The maximum atomic E-state index is 3.78. The van der Waals surface area contributed by atoms with Crippen LogP contribution in [0.5, 0.6) is 0 Å². The smallest absolute Gasteiger partial charge is 0.0513 e. The number of nitrogens with zero attached hydrogens (tertiary/aromatic N) is 1. The maximum absolute atomic E-state index is 3.78. The first-order valence-electron chi connectivity index (χ1n) is 7.82. The molecule has 1 aliphatic heterocycles. The largest absolute Gasteiger partial charge is 0.368 e. The van der Waals surface area contributed by atoms with Crippen molar-refractivity contribution in [2.24, 2.45) is 5.92 Å². The van der Waals surface area contributed by atoms with Crippen LogP contribution in [0.4, 0.5) is 5.69 Å². The molecule has 1 heterocycles. The van der Waals surface area contributed by atoms with Gasteiger partial charge in [-0.05, 0) is 72.8 Å². The molecule has 3 heteroatoms. The van der Waals surface area contributed by atoms with Crippen LogP contribution >= 0.6 is 15.9 Å². The third-order valence-electron chi connectivity index (χ3n) is 4.43. The lowest BCUT2D eigenvalue weighted by atomic mass is 9.93. The Labute approximate surface area is 132 Å². The summed E-state index contributed by atoms with van der Waals surface area (Å²) in [6.07, 6.45) is 2.59. The zero-order valence-corrected chi connectivity index (χ0v) is 14.7. The second-order valence-electron chi connectivity index (χ2n) is 6.16. The van der Waals surface area contributed by atoms with Crippen LogP contribution in [0.3, 0.4) is 0 Å². The average Bonchev–Trinajstić information content (AvgIpc) is 2.40. The topological polar surface area (TPSA) is 15.3 Å². The van der Waals surface area contributed by atoms with Crippen molar-refractivity contribution in [3.8, 4) is 0 Å². The molecular formula is C17H27BrN2. The lowest BCUT2D eigenvalue weighted by Crippen LogP contribution is -2.40. The van der Waals surface area contributed by atoms with E-state index in [9.17, 15) is 0 Å². The van der Waals surface area contributed by atoms with Gasteiger partial charge in [0.05, 0.1) is 5.69 Å². The second kappa shape index (κ2) is 6.95. The molecule has 0 amide bonds. The molecule has 0 saturated carbocycles. The summed E-state index contributed by atoms with van der Waals surface area (Å²) in [6, 6.07) is 7.85. The molecule has 20 heavy (non-hydrogen) atoms. The first kappa shape index (κ1) is 15.8. The Hall–Kier alpha value is -0.540. The first-order valence-corrected chi connectivity index (χ1v) is 8.61. The Bertz CT molecular complexity index is 447. The molecule has 2 rings (SSSR count). The van der Waals surface area contributed by atoms with Gasteiger partial charge in [-0.2, -0.15) is 0 Å². The molecule has 0 spiro atoms. The average molecular weight is 339 g/mol. The molecule has 112 valence electrons. The second-order valence-corrected chi connectivity index (χ2v) is 7.02. The van der Waals surface area contributed by atoms with Gasteiger partial charge < -0.3 is 10.2 Å². The number of piperidine rings is 1. The van der Waals surface area contributed by atoms with E-state index in [4.69, 9.17) is 0 Å². The van der Waals surface area contributed by atoms with Crippen molar-refractivity contribution in [2.75, 3.05) is 18.0 Å². The molecule has 1 aromatic carbocycles. The van der Waals surface area contributed by atoms with Crippen LogP contribution in [0.25, 0.3) is 0 Å². The van der Waals surface area contributed by atoms with E-state index in [1.807, 2.05) is 0 Å². The summed E-state index contributed by atoms with van der Waals surface area (Å²) in [4.78, 5) is 2.55. The van der Waals surface area contributed by atoms with Crippen LogP contribution in [0.2, 0.25) is 0 Å². The molecular weight excluding hydrogens is 312 g/mol. The Morgan fingerprint density at radius 3 is 2.75 bits per heavy atom. The van der Waals surface area contributed by atoms with Crippen molar-refractivity contribution < 1.29 is 0 Å². The quantitative estimate of drug-likeness (QED) is 0.852. The molecule has 0 bridgehead atoms. The van der Waals surface area contributed by atoms with E-state index >= 15 is 0 Å². The van der Waals surface area contributed by atoms with Crippen molar-refractivity contribution in [1.82, 2.24) is 5.32 Å². The molecule has 1 saturated heterocycles. The molecule has 2 nitrogen and oxygen atoms in total. The van der Waals surface area contributed by atoms with E-state index in [0.717, 1.165) is 12.5 Å². The Kier molecular flexibility index (Phi) is 5.50. The summed E-state index contributed by atoms with van der Waals surface area (Å²) in [6.45, 7) is 11.2. The third kappa shape index (κ3) is 3.56. The fraction of sp³-hybridized carbons (Fsp3) is 0.647. The van der Waals surface area contributed by atoms with Crippen LogP contribution < -0.4 is 10.2 Å². The normalized spacial score (nSPS) is 24.8. The van der Waals surface area contributed by atoms with E-state index < -0.39 is 0 Å². The summed E-state index contributed by atoms with van der Waals surface area (Å²) in [5.74, 6) is 0.855. The van der Waals surface area contributed by atoms with Crippen molar-refractivity contribution in [3.63, 3.8) is 0 Å². The molecule has 0 radical (unpaired) electrons. The zero-order valence-electron chi connectivity index (χ0n) is 13.1. The van der Waals surface area contributed by atoms with Crippen LogP contribution in [-0.4, -0.2) is 19.1 Å². The number of hydrogen-bond acceptors (Lipinski definition) is 2. The summed E-state index contributed by atoms with van der Waals surface area (Å²) < 4.78 is 1.22. The van der Waals surface area contributed by atoms with Crippen LogP contribution in [-0.2, 0) is 0 Å². The molecule has 1 N–H and O–H groups in total. The summed E-state index contributed by atoms with van der Waals surface area (Å²) >= 11 is 3.78. The van der Waals surface area contributed by atoms with Crippen molar-refractivity contribution in [1.29, 1.82) is 0 Å². The highest BCUT2D eigenvalue weighted by molar-refractivity contribution is 9.10. The van der Waals surface area contributed by atoms with Crippen molar-refractivity contribution in [3.05, 3.63) is 28.2 Å². The van der Waals surface area contributed by atoms with E-state index in [1.54, 1.807) is 0 Å². The van der Waals surface area contributed by atoms with Gasteiger partial charge in [0.25, 0.3) is 0 Å². The van der Waals surface area contributed by atoms with Crippen LogP contribution in [0.15, 0.2) is 22.7 Å². The Balaban J connectivity index is 2.17. The van der Waals surface area contributed by atoms with Crippen LogP contribution in [0, 0.1) is 5.92 Å². The van der Waals surface area contributed by atoms with E-state index in [0.29, 0.717) is 12.1 Å². The monoisotopic (exact) mass is 338 g/mol. The van der Waals surface area contributed by atoms with Crippen LogP contribution in [0.1, 0.15) is 52.1 Å². The highest BCUT2D eigenvalue weighted by atomic mass is 79.9. The predicted octanol–water partition coefficient (Wildman–Crippen LogP) is 4.74. The number of anilines is 1. The molecule has 1 aliphatic rings. The standard InChI is InChI=1S/C17H27BrN2/c1-5-19-14(4)15-6-7-17(16(18)11-15)20-9-8-12(2)10-13(20)3/h6-7,11-14,19H,5,8-10H2,1-4H3. The lowest BCUT2D eigenvalue weighted by molar-refractivity contribution is 0.377. The van der Waals surface area contributed by atoms with Gasteiger partial charge in [-0.1, -0.05) is 19.9 Å². The fourth-order valence-electron chi connectivity index (χ4n) is 3.21. The minimum absolute atomic E-state index is 0.407. The van der Waals surface area contributed by atoms with Crippen molar-refractivity contribution in [2.45, 2.75) is 52.6 Å². The van der Waals surface area contributed by atoms with Gasteiger partial charge in [0.1, 0.15) is 0 Å². The third-order valence-corrected chi connectivity index (χ3v) is 5.06. The summed E-state index contributed by atoms with van der Waals surface area (Å²) in [5.41, 5.74) is 2.69. The Morgan fingerprint density at radius 2 is 2.15 bits per heavy atom. The maximum Gasteiger partial charge on any atom is 0.0513 e. The summed E-state index contributed by atoms with van der Waals surface area (Å²) in [5, 5.41) is 3.47. The lowest BCUT2D eigenvalue weighted by Gasteiger charge is -2.39. The summed E-state index contributed by atoms with van der Waals surface area (Å²) in [7, 11) is 0. The van der Waals surface area contributed by atoms with Crippen molar-refractivity contribution >= 4 is 21.6 Å². The minimum atomic E-state index is 0.407. The SMILES string of the molecule is CCNC(C)c1ccc(N2CCC(C)CC2C)c(Br)c1. The number of nitrogens with one attached hydrogen (secondary N) is 1. The van der Waals surface area contributed by atoms with Gasteiger partial charge in [0.2, 0.25) is 0 Å². The number of benzene rings is 1. The number of rotatable bonds is 4. The molecule has 1 fully saturated rings. The molecule has 3 atom stereocenters. The molecule has 0 aromatic heterocycles. The van der Waals surface area contributed by atoms with Gasteiger partial charge >= 0.3 is 0 Å². The highest BCUT2D eigenvalue weighted by Crippen LogP contribution is 2.34. The number of halogens is 1. The van der Waals surface area contributed by atoms with E-state index in [-0.39, 0.29) is 0 Å². The van der Waals surface area contributed by atoms with Gasteiger partial charge in [0, 0.05) is 23.1 Å². The van der Waals surface area contributed by atoms with E-state index in [2.05, 4.69) is 72.0 Å². The van der Waals surface area contributed by atoms with Gasteiger partial charge in [-0.15, -0.1) is 0 Å². The minimum Gasteiger partial charge on any atom is -0.368 e. The van der Waals surface area contributed by atoms with Gasteiger partial charge in [0.15, 0.2) is 0 Å². The number of hydrogen-bond donors (Lipinski definition) is 1. The highest BCUT2D eigenvalue weighted by Gasteiger charge is 2.24. The Morgan fingerprint density at radius 1 is 1.40 bits per heavy atom.